The highest BCUT2D eigenvalue weighted by molar-refractivity contribution is 7.18. The number of nitrogen functional groups attached to an aromatic ring is 1. The minimum atomic E-state index is -0.0250. The van der Waals surface area contributed by atoms with Gasteiger partial charge in [0.1, 0.15) is 6.10 Å². The third-order valence-electron chi connectivity index (χ3n) is 5.71. The van der Waals surface area contributed by atoms with Crippen LogP contribution in [0.4, 0.5) is 11.1 Å². The molecule has 0 spiro atoms. The summed E-state index contributed by atoms with van der Waals surface area (Å²) >= 11 is 1.33. The molecular formula is C20H29N7O3S. The summed E-state index contributed by atoms with van der Waals surface area (Å²) in [6.45, 7) is 4.02. The van der Waals surface area contributed by atoms with Crippen LogP contribution < -0.4 is 15.4 Å². The summed E-state index contributed by atoms with van der Waals surface area (Å²) in [5.41, 5.74) is 5.81. The summed E-state index contributed by atoms with van der Waals surface area (Å²) in [7, 11) is 3.61. The van der Waals surface area contributed by atoms with E-state index in [2.05, 4.69) is 31.8 Å². The van der Waals surface area contributed by atoms with Crippen LogP contribution >= 0.6 is 11.3 Å². The van der Waals surface area contributed by atoms with E-state index in [1.165, 1.54) is 11.3 Å². The lowest BCUT2D eigenvalue weighted by Crippen LogP contribution is -2.44. The Morgan fingerprint density at radius 3 is 2.68 bits per heavy atom. The summed E-state index contributed by atoms with van der Waals surface area (Å²) in [5, 5.41) is 0.461. The van der Waals surface area contributed by atoms with Gasteiger partial charge < -0.3 is 25.0 Å². The largest absolute Gasteiger partial charge is 0.460 e. The Bertz CT molecular complexity index is 914. The second-order valence-corrected chi connectivity index (χ2v) is 9.31. The smallest absolute Gasteiger partial charge is 0.322 e. The maximum atomic E-state index is 12.2. The molecule has 2 fully saturated rings. The molecule has 1 aliphatic carbocycles. The molecular weight excluding hydrogens is 418 g/mol. The van der Waals surface area contributed by atoms with Gasteiger partial charge in [0.25, 0.3) is 0 Å². The van der Waals surface area contributed by atoms with Gasteiger partial charge >= 0.3 is 6.01 Å². The van der Waals surface area contributed by atoms with E-state index in [-0.39, 0.29) is 24.0 Å². The highest BCUT2D eigenvalue weighted by Gasteiger charge is 2.30. The van der Waals surface area contributed by atoms with Gasteiger partial charge in [0.05, 0.1) is 30.3 Å². The zero-order chi connectivity index (χ0) is 22.0. The minimum Gasteiger partial charge on any atom is -0.460 e. The fraction of sp³-hybridized carbons (Fsp3) is 0.650. The number of nitrogens with two attached hydrogens (primary N) is 1. The Balaban J connectivity index is 1.54. The molecule has 1 aliphatic heterocycles. The fourth-order valence-electron chi connectivity index (χ4n) is 3.99. The number of carbonyl (C=O) groups is 1. The molecule has 3 heterocycles. The molecule has 10 nitrogen and oxygen atoms in total. The summed E-state index contributed by atoms with van der Waals surface area (Å²) in [5.74, 6) is 1.32. The van der Waals surface area contributed by atoms with Crippen LogP contribution in [0.1, 0.15) is 32.6 Å². The first-order valence-electron chi connectivity index (χ1n) is 10.6. The van der Waals surface area contributed by atoms with Crippen LogP contribution in [0.3, 0.4) is 0 Å². The van der Waals surface area contributed by atoms with Crippen LogP contribution in [0.2, 0.25) is 0 Å². The first kappa shape index (κ1) is 21.7. The van der Waals surface area contributed by atoms with Crippen molar-refractivity contribution < 1.29 is 14.3 Å². The molecule has 4 rings (SSSR count). The molecule has 1 saturated heterocycles. The average Bonchev–Trinajstić information content (AvgIpc) is 3.20. The quantitative estimate of drug-likeness (QED) is 0.732. The molecule has 1 amide bonds. The lowest BCUT2D eigenvalue weighted by molar-refractivity contribution is -0.134. The molecule has 11 heteroatoms. The monoisotopic (exact) mass is 447 g/mol. The Kier molecular flexibility index (Phi) is 6.51. The predicted molar refractivity (Wildman–Crippen MR) is 118 cm³/mol. The first-order chi connectivity index (χ1) is 14.9. The number of hydrogen-bond acceptors (Lipinski definition) is 10. The van der Waals surface area contributed by atoms with Crippen LogP contribution in [-0.4, -0.2) is 76.7 Å². The summed E-state index contributed by atoms with van der Waals surface area (Å²) in [6.07, 6.45) is 4.84. The van der Waals surface area contributed by atoms with Crippen molar-refractivity contribution in [2.45, 2.75) is 44.8 Å². The summed E-state index contributed by atoms with van der Waals surface area (Å²) < 4.78 is 11.7. The van der Waals surface area contributed by atoms with Crippen molar-refractivity contribution >= 4 is 28.3 Å². The van der Waals surface area contributed by atoms with Gasteiger partial charge in [-0.2, -0.15) is 15.0 Å². The van der Waals surface area contributed by atoms with Gasteiger partial charge in [0, 0.05) is 26.6 Å². The lowest BCUT2D eigenvalue weighted by Gasteiger charge is -2.33. The molecule has 2 N–H and O–H groups in total. The second kappa shape index (κ2) is 9.31. The number of amides is 1. The van der Waals surface area contributed by atoms with Crippen molar-refractivity contribution in [1.82, 2.24) is 24.8 Å². The van der Waals surface area contributed by atoms with E-state index in [0.717, 1.165) is 30.6 Å². The maximum Gasteiger partial charge on any atom is 0.322 e. The van der Waals surface area contributed by atoms with Crippen molar-refractivity contribution in [3.8, 4) is 16.7 Å². The van der Waals surface area contributed by atoms with Gasteiger partial charge in [0.15, 0.2) is 11.0 Å². The van der Waals surface area contributed by atoms with Gasteiger partial charge in [-0.15, -0.1) is 0 Å². The Hall–Kier alpha value is -2.53. The SMILES string of the molecule is C[C@H]1COCCN1c1nc(OC2CCC(C(=O)N(C)C)CC2)nc(-c2cnc(N)s2)n1. The maximum absolute atomic E-state index is 12.2. The van der Waals surface area contributed by atoms with E-state index in [0.29, 0.717) is 42.7 Å². The van der Waals surface area contributed by atoms with E-state index in [4.69, 9.17) is 15.2 Å². The molecule has 0 bridgehead atoms. The number of rotatable bonds is 5. The normalized spacial score (nSPS) is 24.1. The third-order valence-corrected chi connectivity index (χ3v) is 6.53. The van der Waals surface area contributed by atoms with Crippen molar-refractivity contribution in [3.05, 3.63) is 6.20 Å². The number of thiazole rings is 1. The number of carbonyl (C=O) groups excluding carboxylic acids is 1. The van der Waals surface area contributed by atoms with Crippen molar-refractivity contribution in [3.63, 3.8) is 0 Å². The highest BCUT2D eigenvalue weighted by Crippen LogP contribution is 2.31. The number of hydrogen-bond donors (Lipinski definition) is 1. The van der Waals surface area contributed by atoms with Gasteiger partial charge in [-0.3, -0.25) is 4.79 Å². The molecule has 2 aliphatic rings. The third kappa shape index (κ3) is 5.04. The van der Waals surface area contributed by atoms with Gasteiger partial charge in [0.2, 0.25) is 11.9 Å². The van der Waals surface area contributed by atoms with Gasteiger partial charge in [-0.1, -0.05) is 11.3 Å². The van der Waals surface area contributed by atoms with E-state index in [9.17, 15) is 4.79 Å². The summed E-state index contributed by atoms with van der Waals surface area (Å²) in [4.78, 5) is 34.7. The molecule has 1 saturated carbocycles. The zero-order valence-corrected chi connectivity index (χ0v) is 19.0. The predicted octanol–water partition coefficient (Wildman–Crippen LogP) is 1.83. The van der Waals surface area contributed by atoms with E-state index >= 15 is 0 Å². The zero-order valence-electron chi connectivity index (χ0n) is 18.2. The topological polar surface area (TPSA) is 120 Å². The van der Waals surface area contributed by atoms with Gasteiger partial charge in [-0.25, -0.2) is 4.98 Å². The molecule has 168 valence electrons. The van der Waals surface area contributed by atoms with Crippen molar-refractivity contribution in [2.75, 3.05) is 44.5 Å². The molecule has 0 aromatic carbocycles. The number of aromatic nitrogens is 4. The number of ether oxygens (including phenoxy) is 2. The van der Waals surface area contributed by atoms with Crippen LogP contribution in [0.25, 0.3) is 10.7 Å². The van der Waals surface area contributed by atoms with Crippen LogP contribution in [-0.2, 0) is 9.53 Å². The molecule has 2 aromatic rings. The standard InChI is InChI=1S/C20H29N7O3S/c1-12-11-29-9-8-27(12)19-23-16(15-10-22-18(21)31-15)24-20(25-19)30-14-6-4-13(5-7-14)17(28)26(2)3/h10,12-14H,4-9,11H2,1-3H3,(H2,21,22)/t12-,13?,14?/m0/s1. The summed E-state index contributed by atoms with van der Waals surface area (Å²) in [6, 6.07) is 0.448. The molecule has 2 aromatic heterocycles. The fourth-order valence-corrected chi connectivity index (χ4v) is 4.61. The molecule has 31 heavy (non-hydrogen) atoms. The molecule has 0 radical (unpaired) electrons. The minimum absolute atomic E-state index is 0.0250. The van der Waals surface area contributed by atoms with E-state index in [1.807, 2.05) is 0 Å². The Morgan fingerprint density at radius 1 is 1.26 bits per heavy atom. The van der Waals surface area contributed by atoms with Gasteiger partial charge in [-0.05, 0) is 32.6 Å². The molecule has 1 atom stereocenters. The Morgan fingerprint density at radius 2 is 2.03 bits per heavy atom. The van der Waals surface area contributed by atoms with Crippen LogP contribution in [0, 0.1) is 5.92 Å². The molecule has 0 unspecified atom stereocenters. The van der Waals surface area contributed by atoms with Crippen LogP contribution in [0.5, 0.6) is 6.01 Å². The van der Waals surface area contributed by atoms with Crippen molar-refractivity contribution in [1.29, 1.82) is 0 Å². The van der Waals surface area contributed by atoms with Crippen LogP contribution in [0.15, 0.2) is 6.20 Å². The second-order valence-electron chi connectivity index (χ2n) is 8.25. The highest BCUT2D eigenvalue weighted by atomic mass is 32.1. The number of nitrogens with zero attached hydrogens (tertiary/aromatic N) is 6. The Labute approximate surface area is 185 Å². The average molecular weight is 448 g/mol. The number of morpholine rings is 1. The number of anilines is 2. The van der Waals surface area contributed by atoms with E-state index < -0.39 is 0 Å². The van der Waals surface area contributed by atoms with Crippen molar-refractivity contribution in [2.24, 2.45) is 5.92 Å². The lowest BCUT2D eigenvalue weighted by atomic mass is 9.86. The first-order valence-corrected chi connectivity index (χ1v) is 11.4. The van der Waals surface area contributed by atoms with E-state index in [1.54, 1.807) is 25.2 Å².